The van der Waals surface area contributed by atoms with E-state index in [4.69, 9.17) is 5.11 Å². The van der Waals surface area contributed by atoms with Crippen LogP contribution >= 0.6 is 0 Å². The number of aliphatic imine (C=N–C) groups is 3. The van der Waals surface area contributed by atoms with Gasteiger partial charge in [-0.2, -0.15) is 0 Å². The molecule has 4 nitrogen and oxygen atoms in total. The van der Waals surface area contributed by atoms with Crippen LogP contribution in [0.1, 0.15) is 6.92 Å². The van der Waals surface area contributed by atoms with Gasteiger partial charge in [0.15, 0.2) is 5.72 Å². The van der Waals surface area contributed by atoms with E-state index in [-0.39, 0.29) is 0 Å². The fourth-order valence-corrected chi connectivity index (χ4v) is 0.426. The first kappa shape index (κ1) is 6.10. The summed E-state index contributed by atoms with van der Waals surface area (Å²) in [4.78, 5) is 10.9. The summed E-state index contributed by atoms with van der Waals surface area (Å²) in [5, 5.41) is 9.13. The summed E-state index contributed by atoms with van der Waals surface area (Å²) in [7, 11) is 0. The molecule has 0 spiro atoms. The maximum absolute atomic E-state index is 9.13. The van der Waals surface area contributed by atoms with Crippen LogP contribution in [0.3, 0.4) is 0 Å². The van der Waals surface area contributed by atoms with Gasteiger partial charge in [0.05, 0.1) is 6.21 Å². The Kier molecular flexibility index (Phi) is 1.40. The number of nitrogens with zero attached hydrogens (tertiary/aromatic N) is 3. The van der Waals surface area contributed by atoms with Crippen LogP contribution in [0.15, 0.2) is 15.0 Å². The minimum atomic E-state index is -1.18. The van der Waals surface area contributed by atoms with Crippen molar-refractivity contribution in [3.8, 4) is 0 Å². The molecule has 0 fully saturated rings. The molecule has 1 N–H and O–H groups in total. The lowest BCUT2D eigenvalue weighted by atomic mass is 10.3. The van der Waals surface area contributed by atoms with Crippen molar-refractivity contribution >= 4 is 18.9 Å². The summed E-state index contributed by atoms with van der Waals surface area (Å²) in [5.41, 5.74) is -1.18. The largest absolute Gasteiger partial charge is 0.365 e. The van der Waals surface area contributed by atoms with Gasteiger partial charge in [-0.1, -0.05) is 0 Å². The number of hydrogen-bond donors (Lipinski definition) is 1. The first-order chi connectivity index (χ1) is 4.21. The normalized spacial score (nSPS) is 32.7. The van der Waals surface area contributed by atoms with E-state index in [1.165, 1.54) is 25.8 Å². The van der Waals surface area contributed by atoms with Gasteiger partial charge in [-0.25, -0.2) is 15.0 Å². The van der Waals surface area contributed by atoms with Gasteiger partial charge >= 0.3 is 0 Å². The SMILES string of the molecule is CC1(O)C=NC=NC=N1. The summed E-state index contributed by atoms with van der Waals surface area (Å²) in [6, 6.07) is 0. The number of aliphatic hydroxyl groups is 1. The van der Waals surface area contributed by atoms with E-state index in [0.717, 1.165) is 0 Å². The van der Waals surface area contributed by atoms with E-state index < -0.39 is 5.72 Å². The van der Waals surface area contributed by atoms with Crippen LogP contribution in [-0.4, -0.2) is 29.7 Å². The second-order valence-corrected chi connectivity index (χ2v) is 1.88. The third-order valence-corrected chi connectivity index (χ3v) is 0.838. The number of hydrogen-bond acceptors (Lipinski definition) is 4. The van der Waals surface area contributed by atoms with Gasteiger partial charge in [0.1, 0.15) is 12.7 Å². The molecule has 0 amide bonds. The molecule has 48 valence electrons. The lowest BCUT2D eigenvalue weighted by Crippen LogP contribution is -2.22. The Morgan fingerprint density at radius 3 is 2.89 bits per heavy atom. The molecule has 0 bridgehead atoms. The second kappa shape index (κ2) is 2.06. The molecule has 0 saturated carbocycles. The van der Waals surface area contributed by atoms with Crippen LogP contribution in [0, 0.1) is 0 Å². The van der Waals surface area contributed by atoms with Crippen molar-refractivity contribution in [1.29, 1.82) is 0 Å². The minimum absolute atomic E-state index is 1.18. The molecule has 1 unspecified atom stereocenters. The Morgan fingerprint density at radius 1 is 1.33 bits per heavy atom. The Morgan fingerprint density at radius 2 is 2.11 bits per heavy atom. The molecule has 1 heterocycles. The molecule has 9 heavy (non-hydrogen) atoms. The highest BCUT2D eigenvalue weighted by atomic mass is 16.3. The molecule has 4 heteroatoms. The van der Waals surface area contributed by atoms with Crippen molar-refractivity contribution in [2.75, 3.05) is 0 Å². The first-order valence-corrected chi connectivity index (χ1v) is 2.53. The van der Waals surface area contributed by atoms with E-state index in [1.54, 1.807) is 0 Å². The average Bonchev–Trinajstić information content (AvgIpc) is 1.92. The fraction of sp³-hybridized carbons (Fsp3) is 0.400. The van der Waals surface area contributed by atoms with E-state index in [9.17, 15) is 0 Å². The highest BCUT2D eigenvalue weighted by Crippen LogP contribution is 2.00. The molecule has 0 aliphatic carbocycles. The summed E-state index contributed by atoms with van der Waals surface area (Å²) < 4.78 is 0. The van der Waals surface area contributed by atoms with Gasteiger partial charge in [-0.3, -0.25) is 0 Å². The predicted octanol–water partition coefficient (Wildman–Crippen LogP) is -0.164. The van der Waals surface area contributed by atoms with Gasteiger partial charge in [0.2, 0.25) is 0 Å². The Bertz CT molecular complexity index is 163. The van der Waals surface area contributed by atoms with Crippen molar-refractivity contribution in [2.24, 2.45) is 15.0 Å². The first-order valence-electron chi connectivity index (χ1n) is 2.53. The highest BCUT2D eigenvalue weighted by Gasteiger charge is 2.13. The van der Waals surface area contributed by atoms with E-state index >= 15 is 0 Å². The van der Waals surface area contributed by atoms with Crippen LogP contribution in [0.5, 0.6) is 0 Å². The smallest absolute Gasteiger partial charge is 0.191 e. The van der Waals surface area contributed by atoms with Gasteiger partial charge in [0, 0.05) is 0 Å². The van der Waals surface area contributed by atoms with Gasteiger partial charge in [-0.05, 0) is 6.92 Å². The quantitative estimate of drug-likeness (QED) is 0.480. The van der Waals surface area contributed by atoms with Crippen molar-refractivity contribution in [3.05, 3.63) is 0 Å². The molecule has 0 aromatic carbocycles. The lowest BCUT2D eigenvalue weighted by Gasteiger charge is -2.07. The topological polar surface area (TPSA) is 57.3 Å². The standard InChI is InChI=1S/C5H7N3O/c1-5(9)2-6-3-7-4-8-5/h2-4,9H,1H3. The number of rotatable bonds is 0. The third-order valence-electron chi connectivity index (χ3n) is 0.838. The average molecular weight is 125 g/mol. The van der Waals surface area contributed by atoms with Crippen LogP contribution in [0.2, 0.25) is 0 Å². The minimum Gasteiger partial charge on any atom is -0.365 e. The highest BCUT2D eigenvalue weighted by molar-refractivity contribution is 5.84. The van der Waals surface area contributed by atoms with Crippen LogP contribution < -0.4 is 0 Å². The van der Waals surface area contributed by atoms with Crippen LogP contribution in [-0.2, 0) is 0 Å². The summed E-state index contributed by atoms with van der Waals surface area (Å²) in [5.74, 6) is 0. The summed E-state index contributed by atoms with van der Waals surface area (Å²) in [6.45, 7) is 1.53. The zero-order chi connectivity index (χ0) is 6.74. The van der Waals surface area contributed by atoms with Crippen molar-refractivity contribution in [1.82, 2.24) is 0 Å². The van der Waals surface area contributed by atoms with E-state index in [2.05, 4.69) is 15.0 Å². The molecule has 1 aliphatic heterocycles. The zero-order valence-electron chi connectivity index (χ0n) is 5.02. The van der Waals surface area contributed by atoms with E-state index in [1.807, 2.05) is 0 Å². The third kappa shape index (κ3) is 1.73. The van der Waals surface area contributed by atoms with Gasteiger partial charge < -0.3 is 5.11 Å². The van der Waals surface area contributed by atoms with Crippen molar-refractivity contribution < 1.29 is 5.11 Å². The molecule has 1 atom stereocenters. The van der Waals surface area contributed by atoms with Crippen molar-refractivity contribution in [2.45, 2.75) is 12.6 Å². The molecule has 1 rings (SSSR count). The van der Waals surface area contributed by atoms with Crippen LogP contribution in [0.4, 0.5) is 0 Å². The lowest BCUT2D eigenvalue weighted by molar-refractivity contribution is 0.149. The molecule has 0 radical (unpaired) electrons. The molecule has 0 saturated heterocycles. The van der Waals surface area contributed by atoms with Gasteiger partial charge in [0.25, 0.3) is 0 Å². The van der Waals surface area contributed by atoms with Crippen molar-refractivity contribution in [3.63, 3.8) is 0 Å². The molecular weight excluding hydrogens is 118 g/mol. The Hall–Kier alpha value is -1.03. The summed E-state index contributed by atoms with van der Waals surface area (Å²) in [6.07, 6.45) is 3.91. The maximum Gasteiger partial charge on any atom is 0.191 e. The molecule has 1 aliphatic rings. The fourth-order valence-electron chi connectivity index (χ4n) is 0.426. The van der Waals surface area contributed by atoms with Gasteiger partial charge in [-0.15, -0.1) is 0 Å². The predicted molar refractivity (Wildman–Crippen MR) is 36.1 cm³/mol. The monoisotopic (exact) mass is 125 g/mol. The van der Waals surface area contributed by atoms with E-state index in [0.29, 0.717) is 0 Å². The maximum atomic E-state index is 9.13. The zero-order valence-corrected chi connectivity index (χ0v) is 5.02. The molecular formula is C5H7N3O. The Labute approximate surface area is 52.7 Å². The van der Waals surface area contributed by atoms with Crippen LogP contribution in [0.25, 0.3) is 0 Å². The Balaban J connectivity index is 2.82. The second-order valence-electron chi connectivity index (χ2n) is 1.88. The molecule has 0 aromatic rings. The molecule has 0 aromatic heterocycles. The summed E-state index contributed by atoms with van der Waals surface area (Å²) >= 11 is 0.